The molecule has 4 nitrogen and oxygen atoms in total. The van der Waals surface area contributed by atoms with Crippen molar-refractivity contribution in [2.45, 2.75) is 32.7 Å². The van der Waals surface area contributed by atoms with Gasteiger partial charge in [-0.25, -0.2) is 5.84 Å². The zero-order valence-electron chi connectivity index (χ0n) is 9.70. The Morgan fingerprint density at radius 1 is 1.67 bits per heavy atom. The molecule has 1 aliphatic heterocycles. The topological polar surface area (TPSA) is 53.6 Å². The third-order valence-electron chi connectivity index (χ3n) is 2.54. The molecule has 1 aliphatic rings. The highest BCUT2D eigenvalue weighted by Crippen LogP contribution is 2.15. The first kappa shape index (κ1) is 12.6. The number of nitrogens with one attached hydrogen (secondary N) is 1. The molecule has 1 heterocycles. The van der Waals surface area contributed by atoms with E-state index in [0.717, 1.165) is 31.2 Å². The molecule has 1 saturated heterocycles. The van der Waals surface area contributed by atoms with Gasteiger partial charge in [0.25, 0.3) is 0 Å². The van der Waals surface area contributed by atoms with Crippen LogP contribution in [0.15, 0.2) is 4.99 Å². The molecular weight excluding hydrogens is 208 g/mol. The Labute approximate surface area is 96.7 Å². The normalized spacial score (nSPS) is 23.0. The third kappa shape index (κ3) is 3.91. The maximum atomic E-state index is 5.52. The van der Waals surface area contributed by atoms with E-state index in [1.54, 1.807) is 0 Å². The Morgan fingerprint density at radius 2 is 2.47 bits per heavy atom. The molecule has 1 rings (SSSR count). The van der Waals surface area contributed by atoms with Gasteiger partial charge in [0, 0.05) is 30.6 Å². The summed E-state index contributed by atoms with van der Waals surface area (Å²) >= 11 is 2.00. The van der Waals surface area contributed by atoms with Crippen molar-refractivity contribution in [1.82, 2.24) is 10.3 Å². The van der Waals surface area contributed by atoms with E-state index < -0.39 is 0 Å². The lowest BCUT2D eigenvalue weighted by Gasteiger charge is -2.35. The van der Waals surface area contributed by atoms with E-state index in [4.69, 9.17) is 5.84 Å². The first-order chi connectivity index (χ1) is 7.29. The molecule has 1 atom stereocenters. The van der Waals surface area contributed by atoms with E-state index in [1.807, 2.05) is 11.8 Å². The van der Waals surface area contributed by atoms with E-state index in [-0.39, 0.29) is 0 Å². The van der Waals surface area contributed by atoms with Crippen molar-refractivity contribution in [3.05, 3.63) is 0 Å². The second-order valence-corrected chi connectivity index (χ2v) is 4.97. The average molecular weight is 230 g/mol. The van der Waals surface area contributed by atoms with Crippen molar-refractivity contribution in [3.8, 4) is 0 Å². The monoisotopic (exact) mass is 230 g/mol. The van der Waals surface area contributed by atoms with Crippen molar-refractivity contribution in [1.29, 1.82) is 0 Å². The molecule has 5 heteroatoms. The predicted octanol–water partition coefficient (Wildman–Crippen LogP) is 1.04. The molecule has 1 unspecified atom stereocenters. The van der Waals surface area contributed by atoms with E-state index in [2.05, 4.69) is 29.2 Å². The van der Waals surface area contributed by atoms with Gasteiger partial charge in [-0.2, -0.15) is 11.8 Å². The summed E-state index contributed by atoms with van der Waals surface area (Å²) in [5.41, 5.74) is 2.73. The summed E-state index contributed by atoms with van der Waals surface area (Å²) in [4.78, 5) is 6.77. The minimum atomic E-state index is 0.528. The minimum Gasteiger partial charge on any atom is -0.338 e. The van der Waals surface area contributed by atoms with Gasteiger partial charge >= 0.3 is 0 Å². The lowest BCUT2D eigenvalue weighted by Crippen LogP contribution is -2.52. The van der Waals surface area contributed by atoms with Crippen LogP contribution in [0, 0.1) is 0 Å². The summed E-state index contributed by atoms with van der Waals surface area (Å²) in [5, 5.41) is 0. The highest BCUT2D eigenvalue weighted by atomic mass is 32.2. The fraction of sp³-hybridized carbons (Fsp3) is 0.900. The van der Waals surface area contributed by atoms with Crippen molar-refractivity contribution in [2.24, 2.45) is 10.8 Å². The summed E-state index contributed by atoms with van der Waals surface area (Å²) in [5.74, 6) is 8.70. The lowest BCUT2D eigenvalue weighted by molar-refractivity contribution is 0.351. The highest BCUT2D eigenvalue weighted by Gasteiger charge is 2.21. The molecular formula is C10H22N4S. The number of aliphatic imine (C=N–C) groups is 1. The summed E-state index contributed by atoms with van der Waals surface area (Å²) in [7, 11) is 0. The van der Waals surface area contributed by atoms with E-state index in [9.17, 15) is 0 Å². The SMILES string of the molecule is CCCCN=C(NN)N1CCSCC1C. The van der Waals surface area contributed by atoms with Gasteiger partial charge in [-0.1, -0.05) is 13.3 Å². The first-order valence-corrected chi connectivity index (χ1v) is 6.80. The third-order valence-corrected chi connectivity index (χ3v) is 3.73. The van der Waals surface area contributed by atoms with Crippen LogP contribution in [0.2, 0.25) is 0 Å². The molecule has 0 saturated carbocycles. The Kier molecular flexibility index (Phi) is 5.86. The van der Waals surface area contributed by atoms with Crippen LogP contribution in [0.25, 0.3) is 0 Å². The number of nitrogens with two attached hydrogens (primary N) is 1. The smallest absolute Gasteiger partial charge is 0.208 e. The number of unbranched alkanes of at least 4 members (excludes halogenated alkanes) is 1. The van der Waals surface area contributed by atoms with Gasteiger partial charge in [0.2, 0.25) is 5.96 Å². The first-order valence-electron chi connectivity index (χ1n) is 5.65. The van der Waals surface area contributed by atoms with Gasteiger partial charge in [-0.3, -0.25) is 10.4 Å². The second-order valence-electron chi connectivity index (χ2n) is 3.82. The van der Waals surface area contributed by atoms with Crippen molar-refractivity contribution < 1.29 is 0 Å². The van der Waals surface area contributed by atoms with Crippen LogP contribution < -0.4 is 11.3 Å². The van der Waals surface area contributed by atoms with Crippen LogP contribution in [0.1, 0.15) is 26.7 Å². The molecule has 0 bridgehead atoms. The number of hydrogen-bond acceptors (Lipinski definition) is 3. The molecule has 3 N–H and O–H groups in total. The Balaban J connectivity index is 2.51. The van der Waals surface area contributed by atoms with Gasteiger partial charge in [0.05, 0.1) is 0 Å². The molecule has 0 spiro atoms. The Hall–Kier alpha value is -0.420. The second kappa shape index (κ2) is 6.95. The quantitative estimate of drug-likeness (QED) is 0.250. The van der Waals surface area contributed by atoms with E-state index in [1.165, 1.54) is 12.2 Å². The molecule has 0 amide bonds. The van der Waals surface area contributed by atoms with Gasteiger partial charge in [-0.05, 0) is 13.3 Å². The Morgan fingerprint density at radius 3 is 3.07 bits per heavy atom. The zero-order chi connectivity index (χ0) is 11.1. The standard InChI is InChI=1S/C10H22N4S/c1-3-4-5-12-10(13-11)14-6-7-15-8-9(14)2/h9H,3-8,11H2,1-2H3,(H,12,13). The van der Waals surface area contributed by atoms with Gasteiger partial charge in [0.15, 0.2) is 0 Å². The van der Waals surface area contributed by atoms with Crippen LogP contribution in [0.5, 0.6) is 0 Å². The maximum Gasteiger partial charge on any atom is 0.208 e. The molecule has 0 aromatic carbocycles. The molecule has 1 fully saturated rings. The zero-order valence-corrected chi connectivity index (χ0v) is 10.5. The number of hydrogen-bond donors (Lipinski definition) is 2. The van der Waals surface area contributed by atoms with Crippen molar-refractivity contribution >= 4 is 17.7 Å². The van der Waals surface area contributed by atoms with Crippen molar-refractivity contribution in [2.75, 3.05) is 24.6 Å². The highest BCUT2D eigenvalue weighted by molar-refractivity contribution is 7.99. The van der Waals surface area contributed by atoms with Crippen LogP contribution in [-0.2, 0) is 0 Å². The van der Waals surface area contributed by atoms with Gasteiger partial charge in [0.1, 0.15) is 0 Å². The van der Waals surface area contributed by atoms with Crippen LogP contribution in [0.3, 0.4) is 0 Å². The predicted molar refractivity (Wildman–Crippen MR) is 68.0 cm³/mol. The van der Waals surface area contributed by atoms with Crippen molar-refractivity contribution in [3.63, 3.8) is 0 Å². The summed E-state index contributed by atoms with van der Waals surface area (Å²) in [6.07, 6.45) is 2.30. The molecule has 15 heavy (non-hydrogen) atoms. The number of thioether (sulfide) groups is 1. The fourth-order valence-corrected chi connectivity index (χ4v) is 2.62. The number of rotatable bonds is 3. The van der Waals surface area contributed by atoms with Crippen LogP contribution >= 0.6 is 11.8 Å². The fourth-order valence-electron chi connectivity index (χ4n) is 1.60. The average Bonchev–Trinajstić information content (AvgIpc) is 2.26. The minimum absolute atomic E-state index is 0.528. The summed E-state index contributed by atoms with van der Waals surface area (Å²) in [6.45, 7) is 6.30. The van der Waals surface area contributed by atoms with Gasteiger partial charge in [-0.15, -0.1) is 0 Å². The lowest BCUT2D eigenvalue weighted by atomic mass is 10.3. The van der Waals surface area contributed by atoms with Crippen LogP contribution in [-0.4, -0.2) is 41.5 Å². The maximum absolute atomic E-state index is 5.52. The molecule has 0 aromatic heterocycles. The number of nitrogens with zero attached hydrogens (tertiary/aromatic N) is 2. The summed E-state index contributed by atoms with van der Waals surface area (Å²) < 4.78 is 0. The molecule has 0 radical (unpaired) electrons. The molecule has 0 aliphatic carbocycles. The number of hydrazine groups is 1. The Bertz CT molecular complexity index is 208. The van der Waals surface area contributed by atoms with E-state index >= 15 is 0 Å². The van der Waals surface area contributed by atoms with Crippen LogP contribution in [0.4, 0.5) is 0 Å². The van der Waals surface area contributed by atoms with E-state index in [0.29, 0.717) is 6.04 Å². The molecule has 0 aromatic rings. The summed E-state index contributed by atoms with van der Waals surface area (Å²) in [6, 6.07) is 0.528. The number of guanidine groups is 1. The molecule has 88 valence electrons. The largest absolute Gasteiger partial charge is 0.338 e. The van der Waals surface area contributed by atoms with Gasteiger partial charge < -0.3 is 4.90 Å².